The van der Waals surface area contributed by atoms with Gasteiger partial charge in [-0.15, -0.1) is 0 Å². The quantitative estimate of drug-likeness (QED) is 0.307. The molecule has 1 aliphatic carbocycles. The van der Waals surface area contributed by atoms with Gasteiger partial charge in [-0.25, -0.2) is 4.98 Å². The zero-order valence-electron chi connectivity index (χ0n) is 23.0. The number of benzene rings is 1. The SMILES string of the molecule is C=C(O)C1(C)CC(N(C)CC(CC)C2CN(c3nc(C)c(C)c(NC(C)c4ccc(Cl)cc4Cl)n3)C2)C1. The number of hydrogen-bond donors (Lipinski definition) is 2. The van der Waals surface area contributed by atoms with Gasteiger partial charge in [0, 0.05) is 52.4 Å². The van der Waals surface area contributed by atoms with E-state index in [9.17, 15) is 5.11 Å². The normalized spacial score (nSPS) is 23.4. The van der Waals surface area contributed by atoms with Crippen molar-refractivity contribution >= 4 is 35.0 Å². The molecule has 1 saturated carbocycles. The fourth-order valence-corrected chi connectivity index (χ4v) is 6.24. The highest BCUT2D eigenvalue weighted by atomic mass is 35.5. The minimum Gasteiger partial charge on any atom is -0.512 e. The fraction of sp³-hybridized carbons (Fsp3) is 0.586. The first-order chi connectivity index (χ1) is 17.4. The lowest BCUT2D eigenvalue weighted by atomic mass is 9.65. The number of rotatable bonds is 10. The summed E-state index contributed by atoms with van der Waals surface area (Å²) in [4.78, 5) is 14.5. The Kier molecular flexibility index (Phi) is 8.32. The monoisotopic (exact) mass is 545 g/mol. The standard InChI is InChI=1S/C29H41Cl2N5O/c1-8-21(14-35(7)24-12-29(6,13-24)20(5)37)22-15-36(16-22)28-33-18(3)17(2)27(34-28)32-19(4)25-10-9-23(30)11-26(25)31/h9-11,19,21-22,24,37H,5,8,12-16H2,1-4,6-7H3,(H,32,33,34). The zero-order chi connectivity index (χ0) is 27.1. The molecule has 1 aromatic heterocycles. The van der Waals surface area contributed by atoms with Crippen molar-refractivity contribution in [2.45, 2.75) is 66.0 Å². The average Bonchev–Trinajstić information content (AvgIpc) is 2.77. The molecule has 8 heteroatoms. The molecule has 1 saturated heterocycles. The molecule has 2 N–H and O–H groups in total. The van der Waals surface area contributed by atoms with E-state index in [-0.39, 0.29) is 11.5 Å². The molecule has 1 aromatic carbocycles. The Morgan fingerprint density at radius 2 is 1.95 bits per heavy atom. The number of aromatic nitrogens is 2. The second-order valence-corrected chi connectivity index (χ2v) is 12.3. The second kappa shape index (κ2) is 11.0. The number of aliphatic hydroxyl groups is 1. The highest BCUT2D eigenvalue weighted by molar-refractivity contribution is 6.35. The van der Waals surface area contributed by atoms with Crippen LogP contribution in [0.15, 0.2) is 30.5 Å². The van der Waals surface area contributed by atoms with Gasteiger partial charge in [0.05, 0.1) is 11.8 Å². The molecule has 1 aliphatic heterocycles. The molecule has 0 radical (unpaired) electrons. The number of hydrogen-bond acceptors (Lipinski definition) is 6. The minimum absolute atomic E-state index is 0.0221. The van der Waals surface area contributed by atoms with Crippen LogP contribution in [-0.4, -0.2) is 52.7 Å². The Hall–Kier alpha value is -2.02. The third kappa shape index (κ3) is 5.86. The van der Waals surface area contributed by atoms with E-state index < -0.39 is 0 Å². The van der Waals surface area contributed by atoms with Crippen LogP contribution in [0, 0.1) is 31.1 Å². The number of anilines is 2. The maximum atomic E-state index is 9.87. The summed E-state index contributed by atoms with van der Waals surface area (Å²) in [5.41, 5.74) is 2.90. The first kappa shape index (κ1) is 28.0. The van der Waals surface area contributed by atoms with E-state index in [1.54, 1.807) is 6.07 Å². The summed E-state index contributed by atoms with van der Waals surface area (Å²) < 4.78 is 0. The van der Waals surface area contributed by atoms with Crippen molar-refractivity contribution in [1.82, 2.24) is 14.9 Å². The number of aryl methyl sites for hydroxylation is 1. The van der Waals surface area contributed by atoms with Gasteiger partial charge in [0.15, 0.2) is 0 Å². The minimum atomic E-state index is -0.114. The van der Waals surface area contributed by atoms with E-state index in [0.717, 1.165) is 67.5 Å². The topological polar surface area (TPSA) is 64.5 Å². The van der Waals surface area contributed by atoms with Crippen molar-refractivity contribution < 1.29 is 5.11 Å². The highest BCUT2D eigenvalue weighted by Crippen LogP contribution is 2.47. The molecule has 37 heavy (non-hydrogen) atoms. The van der Waals surface area contributed by atoms with Gasteiger partial charge in [-0.05, 0) is 70.2 Å². The van der Waals surface area contributed by atoms with Crippen LogP contribution in [0.1, 0.15) is 62.9 Å². The Balaban J connectivity index is 1.37. The van der Waals surface area contributed by atoms with Crippen LogP contribution in [0.25, 0.3) is 0 Å². The van der Waals surface area contributed by atoms with Crippen LogP contribution in [0.4, 0.5) is 11.8 Å². The molecule has 202 valence electrons. The molecule has 0 spiro atoms. The van der Waals surface area contributed by atoms with Gasteiger partial charge in [-0.3, -0.25) is 0 Å². The summed E-state index contributed by atoms with van der Waals surface area (Å²) >= 11 is 12.5. The molecule has 6 nitrogen and oxygen atoms in total. The summed E-state index contributed by atoms with van der Waals surface area (Å²) in [6, 6.07) is 6.09. The molecule has 0 bridgehead atoms. The van der Waals surface area contributed by atoms with Crippen molar-refractivity contribution in [1.29, 1.82) is 0 Å². The Bertz CT molecular complexity index is 1140. The molecule has 2 unspecified atom stereocenters. The average molecular weight is 547 g/mol. The smallest absolute Gasteiger partial charge is 0.227 e. The van der Waals surface area contributed by atoms with E-state index in [1.807, 2.05) is 19.1 Å². The Morgan fingerprint density at radius 3 is 2.54 bits per heavy atom. The Morgan fingerprint density at radius 1 is 1.27 bits per heavy atom. The molecule has 2 heterocycles. The lowest BCUT2D eigenvalue weighted by Gasteiger charge is -2.50. The van der Waals surface area contributed by atoms with Gasteiger partial charge in [0.1, 0.15) is 5.82 Å². The third-order valence-corrected chi connectivity index (χ3v) is 9.32. The van der Waals surface area contributed by atoms with E-state index in [0.29, 0.717) is 33.7 Å². The first-order valence-corrected chi connectivity index (χ1v) is 14.1. The maximum absolute atomic E-state index is 9.87. The largest absolute Gasteiger partial charge is 0.512 e. The summed E-state index contributed by atoms with van der Waals surface area (Å²) in [5, 5.41) is 14.7. The van der Waals surface area contributed by atoms with Gasteiger partial charge < -0.3 is 20.2 Å². The maximum Gasteiger partial charge on any atom is 0.227 e. The summed E-state index contributed by atoms with van der Waals surface area (Å²) in [5.74, 6) is 3.21. The Labute approximate surface area is 232 Å². The van der Waals surface area contributed by atoms with Gasteiger partial charge in [-0.2, -0.15) is 4.98 Å². The van der Waals surface area contributed by atoms with E-state index in [1.165, 1.54) is 0 Å². The summed E-state index contributed by atoms with van der Waals surface area (Å²) in [6.45, 7) is 17.4. The van der Waals surface area contributed by atoms with Gasteiger partial charge in [0.2, 0.25) is 5.95 Å². The summed E-state index contributed by atoms with van der Waals surface area (Å²) in [6.07, 6.45) is 3.12. The molecule has 2 atom stereocenters. The third-order valence-electron chi connectivity index (χ3n) is 8.76. The van der Waals surface area contributed by atoms with E-state index >= 15 is 0 Å². The molecule has 0 amide bonds. The molecule has 4 rings (SSSR count). The molecule has 2 aromatic rings. The van der Waals surface area contributed by atoms with Crippen molar-refractivity contribution in [2.75, 3.05) is 36.9 Å². The van der Waals surface area contributed by atoms with Crippen molar-refractivity contribution in [2.24, 2.45) is 17.3 Å². The van der Waals surface area contributed by atoms with Crippen LogP contribution in [-0.2, 0) is 0 Å². The number of nitrogens with zero attached hydrogens (tertiary/aromatic N) is 4. The fourth-order valence-electron chi connectivity index (χ4n) is 5.66. The van der Waals surface area contributed by atoms with Crippen molar-refractivity contribution in [3.8, 4) is 0 Å². The van der Waals surface area contributed by atoms with Crippen LogP contribution in [0.2, 0.25) is 10.0 Å². The molecule has 2 fully saturated rings. The van der Waals surface area contributed by atoms with Gasteiger partial charge in [-0.1, -0.05) is 56.1 Å². The van der Waals surface area contributed by atoms with E-state index in [2.05, 4.69) is 56.4 Å². The zero-order valence-corrected chi connectivity index (χ0v) is 24.5. The molecule has 2 aliphatic rings. The summed E-state index contributed by atoms with van der Waals surface area (Å²) in [7, 11) is 2.22. The number of aliphatic hydroxyl groups excluding tert-OH is 1. The van der Waals surface area contributed by atoms with Crippen LogP contribution < -0.4 is 10.2 Å². The first-order valence-electron chi connectivity index (χ1n) is 13.3. The van der Waals surface area contributed by atoms with Crippen LogP contribution >= 0.6 is 23.2 Å². The predicted molar refractivity (Wildman–Crippen MR) is 155 cm³/mol. The lowest BCUT2D eigenvalue weighted by molar-refractivity contribution is 0.0120. The predicted octanol–water partition coefficient (Wildman–Crippen LogP) is 7.21. The van der Waals surface area contributed by atoms with Gasteiger partial charge >= 0.3 is 0 Å². The second-order valence-electron chi connectivity index (χ2n) is 11.5. The van der Waals surface area contributed by atoms with Gasteiger partial charge in [0.25, 0.3) is 0 Å². The van der Waals surface area contributed by atoms with E-state index in [4.69, 9.17) is 33.2 Å². The number of nitrogens with one attached hydrogen (secondary N) is 1. The number of halogens is 2. The van der Waals surface area contributed by atoms with Crippen molar-refractivity contribution in [3.05, 3.63) is 57.4 Å². The lowest BCUT2D eigenvalue weighted by Crippen LogP contribution is -2.55. The van der Waals surface area contributed by atoms with Crippen LogP contribution in [0.5, 0.6) is 0 Å². The van der Waals surface area contributed by atoms with Crippen LogP contribution in [0.3, 0.4) is 0 Å². The molecular formula is C29H41Cl2N5O. The van der Waals surface area contributed by atoms with Crippen molar-refractivity contribution in [3.63, 3.8) is 0 Å². The highest BCUT2D eigenvalue weighted by Gasteiger charge is 2.45. The number of allylic oxidation sites excluding steroid dienone is 1. The molecular weight excluding hydrogens is 505 g/mol.